The molecule has 4 aromatic carbocycles. The summed E-state index contributed by atoms with van der Waals surface area (Å²) in [6.07, 6.45) is 0. The molecule has 1 unspecified atom stereocenters. The fraction of sp³-hybridized carbons (Fsp3) is 0.143. The van der Waals surface area contributed by atoms with Crippen LogP contribution in [0.4, 0.5) is 0 Å². The first-order chi connectivity index (χ1) is 15.5. The van der Waals surface area contributed by atoms with E-state index in [1.54, 1.807) is 0 Å². The largest absolute Gasteiger partial charge is 0.436 e. The molecule has 0 bridgehead atoms. The molecule has 158 valence electrons. The van der Waals surface area contributed by atoms with Crippen LogP contribution in [0.3, 0.4) is 0 Å². The van der Waals surface area contributed by atoms with Crippen LogP contribution in [0.15, 0.2) is 78.9 Å². The van der Waals surface area contributed by atoms with Crippen molar-refractivity contribution in [3.63, 3.8) is 0 Å². The number of fused-ring (bicyclic) bond motifs is 6. The summed E-state index contributed by atoms with van der Waals surface area (Å²) in [5.41, 5.74) is 6.56. The molecule has 1 aromatic heterocycles. The Morgan fingerprint density at radius 3 is 2.34 bits per heavy atom. The van der Waals surface area contributed by atoms with E-state index in [1.165, 1.54) is 21.8 Å². The van der Waals surface area contributed by atoms with Gasteiger partial charge in [-0.15, -0.1) is 0 Å². The maximum Gasteiger partial charge on any atom is 0.307 e. The van der Waals surface area contributed by atoms with Crippen molar-refractivity contribution in [2.24, 2.45) is 0 Å². The summed E-state index contributed by atoms with van der Waals surface area (Å²) in [5.74, 6) is 0.683. The molecule has 1 aliphatic rings. The fourth-order valence-electron chi connectivity index (χ4n) is 5.33. The molecule has 1 aliphatic heterocycles. The van der Waals surface area contributed by atoms with Gasteiger partial charge in [-0.05, 0) is 61.7 Å². The number of para-hydroxylation sites is 2. The minimum absolute atomic E-state index is 0.683. The molecule has 3 nitrogen and oxygen atoms in total. The van der Waals surface area contributed by atoms with E-state index in [4.69, 9.17) is 4.52 Å². The highest BCUT2D eigenvalue weighted by atomic mass is 31.2. The number of benzene rings is 4. The number of hydrogen-bond acceptors (Lipinski definition) is 2. The highest BCUT2D eigenvalue weighted by Crippen LogP contribution is 2.55. The van der Waals surface area contributed by atoms with Gasteiger partial charge in [0.2, 0.25) is 0 Å². The minimum Gasteiger partial charge on any atom is -0.436 e. The van der Waals surface area contributed by atoms with Crippen LogP contribution in [-0.2, 0) is 11.1 Å². The van der Waals surface area contributed by atoms with Crippen molar-refractivity contribution in [2.45, 2.75) is 27.3 Å². The molecule has 0 saturated heterocycles. The Labute approximate surface area is 187 Å². The van der Waals surface area contributed by atoms with Crippen molar-refractivity contribution in [3.8, 4) is 16.9 Å². The second-order valence-corrected chi connectivity index (χ2v) is 10.7. The monoisotopic (exact) mass is 437 g/mol. The Morgan fingerprint density at radius 2 is 1.53 bits per heavy atom. The van der Waals surface area contributed by atoms with Gasteiger partial charge < -0.3 is 9.09 Å². The van der Waals surface area contributed by atoms with E-state index in [0.29, 0.717) is 5.75 Å². The molecule has 0 spiro atoms. The molecule has 5 aromatic rings. The van der Waals surface area contributed by atoms with Gasteiger partial charge >= 0.3 is 7.37 Å². The van der Waals surface area contributed by atoms with Gasteiger partial charge in [-0.3, -0.25) is 4.57 Å². The lowest BCUT2D eigenvalue weighted by Gasteiger charge is -2.30. The third-order valence-corrected chi connectivity index (χ3v) is 9.29. The molecule has 1 atom stereocenters. The van der Waals surface area contributed by atoms with Crippen LogP contribution in [0.5, 0.6) is 5.75 Å². The molecule has 0 aliphatic carbocycles. The Balaban J connectivity index is 1.72. The van der Waals surface area contributed by atoms with Crippen molar-refractivity contribution in [2.75, 3.05) is 0 Å². The van der Waals surface area contributed by atoms with Crippen molar-refractivity contribution >= 4 is 39.8 Å². The van der Waals surface area contributed by atoms with E-state index >= 15 is 0 Å². The van der Waals surface area contributed by atoms with Crippen molar-refractivity contribution in [3.05, 3.63) is 90.0 Å². The zero-order chi connectivity index (χ0) is 22.0. The third-order valence-electron chi connectivity index (χ3n) is 6.72. The fourth-order valence-corrected chi connectivity index (χ4v) is 7.93. The van der Waals surface area contributed by atoms with Crippen molar-refractivity contribution in [1.29, 1.82) is 0 Å². The molecule has 6 rings (SSSR count). The van der Waals surface area contributed by atoms with Crippen LogP contribution < -0.4 is 15.1 Å². The van der Waals surface area contributed by atoms with Gasteiger partial charge in [0.05, 0.1) is 16.1 Å². The molecule has 0 fully saturated rings. The summed E-state index contributed by atoms with van der Waals surface area (Å²) >= 11 is 0. The Morgan fingerprint density at radius 1 is 0.844 bits per heavy atom. The van der Waals surface area contributed by atoms with E-state index in [2.05, 4.69) is 55.7 Å². The molecule has 0 N–H and O–H groups in total. The Hall–Kier alpha value is -3.29. The van der Waals surface area contributed by atoms with E-state index in [-0.39, 0.29) is 0 Å². The lowest BCUT2D eigenvalue weighted by atomic mass is 10.0. The topological polar surface area (TPSA) is 31.2 Å². The first-order valence-electron chi connectivity index (χ1n) is 11.0. The molecule has 4 heteroatoms. The minimum atomic E-state index is -3.34. The summed E-state index contributed by atoms with van der Waals surface area (Å²) in [6.45, 7) is 7.27. The second kappa shape index (κ2) is 6.85. The summed E-state index contributed by atoms with van der Waals surface area (Å²) in [6, 6.07) is 26.4. The summed E-state index contributed by atoms with van der Waals surface area (Å²) in [4.78, 5) is 0. The van der Waals surface area contributed by atoms with Crippen LogP contribution in [0, 0.1) is 13.8 Å². The van der Waals surface area contributed by atoms with Gasteiger partial charge in [0.25, 0.3) is 0 Å². The molecule has 0 amide bonds. The quantitative estimate of drug-likeness (QED) is 0.287. The normalized spacial score (nSPS) is 17.2. The number of rotatable bonds is 2. The molecular formula is C28H24NO2P. The van der Waals surface area contributed by atoms with Gasteiger partial charge in [0, 0.05) is 28.4 Å². The van der Waals surface area contributed by atoms with Crippen molar-refractivity contribution in [1.82, 2.24) is 4.57 Å². The average molecular weight is 437 g/mol. The smallest absolute Gasteiger partial charge is 0.307 e. The predicted molar refractivity (Wildman–Crippen MR) is 134 cm³/mol. The highest BCUT2D eigenvalue weighted by Gasteiger charge is 2.39. The Bertz CT molecular complexity index is 1590. The molecule has 32 heavy (non-hydrogen) atoms. The maximum atomic E-state index is 14.8. The second-order valence-electron chi connectivity index (χ2n) is 8.48. The van der Waals surface area contributed by atoms with E-state index in [9.17, 15) is 4.57 Å². The van der Waals surface area contributed by atoms with E-state index < -0.39 is 7.37 Å². The van der Waals surface area contributed by atoms with E-state index in [1.807, 2.05) is 48.5 Å². The van der Waals surface area contributed by atoms with Crippen LogP contribution in [0.2, 0.25) is 0 Å². The number of hydrogen-bond donors (Lipinski definition) is 0. The summed E-state index contributed by atoms with van der Waals surface area (Å²) < 4.78 is 23.6. The highest BCUT2D eigenvalue weighted by molar-refractivity contribution is 7.75. The zero-order valence-corrected chi connectivity index (χ0v) is 19.3. The number of aryl methyl sites for hydroxylation is 3. The lowest BCUT2D eigenvalue weighted by Crippen LogP contribution is -2.27. The van der Waals surface area contributed by atoms with Gasteiger partial charge in [0.1, 0.15) is 5.75 Å². The first-order valence-corrected chi connectivity index (χ1v) is 12.7. The van der Waals surface area contributed by atoms with Gasteiger partial charge in [-0.2, -0.15) is 0 Å². The SMILES string of the molecule is CCn1c2ccccc2c2c(C)c(P3(=O)Oc4ccccc4-c4ccccc43)cc(C)c21. The molecule has 0 saturated carbocycles. The Kier molecular flexibility index (Phi) is 4.15. The van der Waals surface area contributed by atoms with Crippen LogP contribution in [0.1, 0.15) is 18.1 Å². The van der Waals surface area contributed by atoms with Gasteiger partial charge in [0.15, 0.2) is 0 Å². The van der Waals surface area contributed by atoms with Gasteiger partial charge in [-0.1, -0.05) is 54.6 Å². The van der Waals surface area contributed by atoms with E-state index in [0.717, 1.165) is 39.4 Å². The third kappa shape index (κ3) is 2.46. The van der Waals surface area contributed by atoms with Gasteiger partial charge in [-0.25, -0.2) is 0 Å². The molecule has 2 heterocycles. The van der Waals surface area contributed by atoms with Crippen LogP contribution >= 0.6 is 7.37 Å². The average Bonchev–Trinajstić information content (AvgIpc) is 3.17. The van der Waals surface area contributed by atoms with Crippen LogP contribution in [0.25, 0.3) is 32.9 Å². The zero-order valence-electron chi connectivity index (χ0n) is 18.4. The van der Waals surface area contributed by atoms with Crippen LogP contribution in [-0.4, -0.2) is 4.57 Å². The van der Waals surface area contributed by atoms with Crippen molar-refractivity contribution < 1.29 is 9.09 Å². The molecular weight excluding hydrogens is 413 g/mol. The maximum absolute atomic E-state index is 14.8. The predicted octanol–water partition coefficient (Wildman–Crippen LogP) is 6.72. The first kappa shape index (κ1) is 19.4. The summed E-state index contributed by atoms with van der Waals surface area (Å²) in [5, 5.41) is 3.94. The lowest BCUT2D eigenvalue weighted by molar-refractivity contribution is 0.501. The molecule has 0 radical (unpaired) electrons. The standard InChI is InChI=1S/C28H24NO2P/c1-4-29-23-14-8-5-13-22(23)27-19(3)26(17-18(2)28(27)29)32(30)25-16-10-7-12-21(25)20-11-6-9-15-24(20)31-32/h5-17H,4H2,1-3H3. The number of aromatic nitrogens is 1. The number of nitrogens with zero attached hydrogens (tertiary/aromatic N) is 1. The summed E-state index contributed by atoms with van der Waals surface area (Å²) in [7, 11) is -3.34.